The number of aliphatic carboxylic acids is 3. The van der Waals surface area contributed by atoms with Gasteiger partial charge in [-0.25, -0.2) is 19.4 Å². The number of hydrogen-bond acceptors (Lipinski definition) is 7. The summed E-state index contributed by atoms with van der Waals surface area (Å²) < 4.78 is 101. The molecule has 0 radical (unpaired) electrons. The van der Waals surface area contributed by atoms with Crippen molar-refractivity contribution in [1.29, 1.82) is 0 Å². The Morgan fingerprint density at radius 1 is 0.864 bits per heavy atom. The van der Waals surface area contributed by atoms with E-state index in [4.69, 9.17) is 34.4 Å². The minimum atomic E-state index is -5.08. The van der Waals surface area contributed by atoms with Crippen LogP contribution in [0.5, 0.6) is 5.88 Å². The molecule has 1 aromatic rings. The number of halogens is 9. The first-order valence-electron chi connectivity index (χ1n) is 12.9. The molecule has 1 atom stereocenters. The minimum Gasteiger partial charge on any atom is -0.477 e. The summed E-state index contributed by atoms with van der Waals surface area (Å²) >= 11 is 0. The van der Waals surface area contributed by atoms with E-state index in [1.165, 1.54) is 58.3 Å². The molecular weight excluding hydrogens is 625 g/mol. The molecule has 1 saturated carbocycles. The summed E-state index contributed by atoms with van der Waals surface area (Å²) in [5, 5.41) is 21.4. The third-order valence-corrected chi connectivity index (χ3v) is 6.96. The van der Waals surface area contributed by atoms with Gasteiger partial charge in [0, 0.05) is 37.4 Å². The highest BCUT2D eigenvalue weighted by atomic mass is 19.4. The lowest BCUT2D eigenvalue weighted by atomic mass is 9.74. The van der Waals surface area contributed by atoms with Gasteiger partial charge in [-0.3, -0.25) is 9.80 Å². The molecule has 0 aromatic carbocycles. The van der Waals surface area contributed by atoms with Crippen LogP contribution in [0.25, 0.3) is 0 Å². The van der Waals surface area contributed by atoms with E-state index >= 15 is 0 Å². The zero-order chi connectivity index (χ0) is 33.9. The van der Waals surface area contributed by atoms with Crippen molar-refractivity contribution in [2.75, 3.05) is 39.8 Å². The molecule has 2 saturated heterocycles. The lowest BCUT2D eigenvalue weighted by Gasteiger charge is -2.59. The lowest BCUT2D eigenvalue weighted by Crippen LogP contribution is -2.72. The van der Waals surface area contributed by atoms with E-state index < -0.39 is 36.4 Å². The third-order valence-electron chi connectivity index (χ3n) is 6.96. The monoisotopic (exact) mass is 657 g/mol. The van der Waals surface area contributed by atoms with Crippen molar-refractivity contribution in [2.24, 2.45) is 11.8 Å². The van der Waals surface area contributed by atoms with Gasteiger partial charge in [0.25, 0.3) is 0 Å². The van der Waals surface area contributed by atoms with Gasteiger partial charge in [0.2, 0.25) is 5.88 Å². The van der Waals surface area contributed by atoms with Gasteiger partial charge in [-0.1, -0.05) is 12.5 Å². The van der Waals surface area contributed by atoms with E-state index in [9.17, 15) is 39.5 Å². The zero-order valence-electron chi connectivity index (χ0n) is 23.3. The quantitative estimate of drug-likeness (QED) is 0.386. The van der Waals surface area contributed by atoms with Crippen LogP contribution in [0.4, 0.5) is 39.5 Å². The van der Waals surface area contributed by atoms with Crippen LogP contribution in [-0.2, 0) is 14.4 Å². The summed E-state index contributed by atoms with van der Waals surface area (Å²) in [5.74, 6) is -5.85. The van der Waals surface area contributed by atoms with E-state index in [1.807, 2.05) is 18.2 Å². The maximum atomic E-state index is 10.6. The summed E-state index contributed by atoms with van der Waals surface area (Å²) in [7, 11) is 2.32. The summed E-state index contributed by atoms with van der Waals surface area (Å²) in [5.41, 5.74) is 0.417. The number of ether oxygens (including phenoxy) is 1. The van der Waals surface area contributed by atoms with Gasteiger partial charge in [-0.05, 0) is 57.2 Å². The molecule has 1 aliphatic carbocycles. The van der Waals surface area contributed by atoms with Crippen molar-refractivity contribution < 1.29 is 74.0 Å². The van der Waals surface area contributed by atoms with Gasteiger partial charge in [0.1, 0.15) is 0 Å². The molecular formula is C25H32F9N3O7. The first-order chi connectivity index (χ1) is 20.1. The van der Waals surface area contributed by atoms with Crippen molar-refractivity contribution in [3.8, 4) is 5.88 Å². The number of carbonyl (C=O) groups is 3. The Morgan fingerprint density at radius 2 is 1.34 bits per heavy atom. The van der Waals surface area contributed by atoms with E-state index in [2.05, 4.69) is 21.8 Å². The highest BCUT2D eigenvalue weighted by Crippen LogP contribution is 2.40. The number of likely N-dealkylation sites (tertiary alicyclic amines) is 2. The Bertz CT molecular complexity index is 1000. The van der Waals surface area contributed by atoms with E-state index in [1.54, 1.807) is 6.20 Å². The topological polar surface area (TPSA) is 140 Å². The minimum absolute atomic E-state index is 0.417. The highest BCUT2D eigenvalue weighted by molar-refractivity contribution is 5.73. The number of hydrogen-bond donors (Lipinski definition) is 3. The van der Waals surface area contributed by atoms with Crippen LogP contribution in [-0.4, -0.2) is 112 Å². The van der Waals surface area contributed by atoms with Crippen LogP contribution < -0.4 is 4.74 Å². The molecule has 0 amide bonds. The van der Waals surface area contributed by atoms with Crippen molar-refractivity contribution in [3.63, 3.8) is 0 Å². The van der Waals surface area contributed by atoms with Crippen LogP contribution in [0.1, 0.15) is 32.1 Å². The Hall–Kier alpha value is -3.35. The predicted molar refractivity (Wildman–Crippen MR) is 133 cm³/mol. The Labute approximate surface area is 245 Å². The molecule has 252 valence electrons. The maximum Gasteiger partial charge on any atom is 0.490 e. The molecule has 2 aliphatic heterocycles. The molecule has 3 fully saturated rings. The highest BCUT2D eigenvalue weighted by Gasteiger charge is 2.49. The first kappa shape index (κ1) is 38.7. The molecule has 19 heteroatoms. The predicted octanol–water partition coefficient (Wildman–Crippen LogP) is 4.56. The molecule has 0 bridgehead atoms. The van der Waals surface area contributed by atoms with Crippen LogP contribution in [0, 0.1) is 11.8 Å². The van der Waals surface area contributed by atoms with Crippen LogP contribution >= 0.6 is 0 Å². The maximum absolute atomic E-state index is 10.6. The molecule has 1 aromatic heterocycles. The molecule has 1 unspecified atom stereocenters. The molecule has 3 N–H and O–H groups in total. The SMILES string of the molecule is CN1CCC(COc2ccccn2)CC12CN(CC1CCC1)C2.O=C(O)C(F)(F)F.O=C(O)C(F)(F)F.O=C(O)C(F)(F)F. The van der Waals surface area contributed by atoms with Crippen molar-refractivity contribution in [1.82, 2.24) is 14.8 Å². The molecule has 1 spiro atoms. The molecule has 3 heterocycles. The average molecular weight is 658 g/mol. The first-order valence-corrected chi connectivity index (χ1v) is 12.9. The standard InChI is InChI=1S/C19H29N3O.3C2HF3O2/c1-21-10-8-17(13-23-18-7-2-3-9-20-18)11-19(21)14-22(15-19)12-16-5-4-6-16;3*3-2(4,5)1(6)7/h2-3,7,9,16-17H,4-6,8,10-15H2,1H3;3*(H,6,7). The van der Waals surface area contributed by atoms with Gasteiger partial charge in [0.15, 0.2) is 0 Å². The van der Waals surface area contributed by atoms with Gasteiger partial charge >= 0.3 is 36.4 Å². The Balaban J connectivity index is 0.000000379. The van der Waals surface area contributed by atoms with Crippen LogP contribution in [0.2, 0.25) is 0 Å². The van der Waals surface area contributed by atoms with Gasteiger partial charge in [-0.2, -0.15) is 39.5 Å². The Morgan fingerprint density at radius 3 is 1.70 bits per heavy atom. The normalized spacial score (nSPS) is 20.2. The fourth-order valence-corrected chi connectivity index (χ4v) is 4.51. The largest absolute Gasteiger partial charge is 0.490 e. The van der Waals surface area contributed by atoms with Gasteiger partial charge in [-0.15, -0.1) is 0 Å². The van der Waals surface area contributed by atoms with Crippen molar-refractivity contribution >= 4 is 17.9 Å². The summed E-state index contributed by atoms with van der Waals surface area (Å²) in [4.78, 5) is 36.3. The second kappa shape index (κ2) is 16.1. The number of nitrogens with zero attached hydrogens (tertiary/aromatic N) is 3. The fourth-order valence-electron chi connectivity index (χ4n) is 4.51. The number of piperidine rings is 1. The number of carboxylic acids is 3. The number of likely N-dealkylation sites (N-methyl/N-ethyl adjacent to an activating group) is 1. The smallest absolute Gasteiger partial charge is 0.477 e. The van der Waals surface area contributed by atoms with Gasteiger partial charge in [0.05, 0.1) is 6.61 Å². The zero-order valence-corrected chi connectivity index (χ0v) is 23.3. The lowest BCUT2D eigenvalue weighted by molar-refractivity contribution is -0.193. The molecule has 44 heavy (non-hydrogen) atoms. The number of aromatic nitrogens is 1. The number of pyridine rings is 1. The van der Waals surface area contributed by atoms with E-state index in [-0.39, 0.29) is 0 Å². The van der Waals surface area contributed by atoms with Crippen LogP contribution in [0.15, 0.2) is 24.4 Å². The van der Waals surface area contributed by atoms with Gasteiger partial charge < -0.3 is 20.1 Å². The second-order valence-corrected chi connectivity index (χ2v) is 10.4. The molecule has 3 aliphatic rings. The summed E-state index contributed by atoms with van der Waals surface area (Å²) in [6, 6.07) is 5.87. The Kier molecular flexibility index (Phi) is 14.2. The van der Waals surface area contributed by atoms with Crippen molar-refractivity contribution in [2.45, 2.75) is 56.2 Å². The molecule has 4 rings (SSSR count). The van der Waals surface area contributed by atoms with E-state index in [0.29, 0.717) is 11.5 Å². The van der Waals surface area contributed by atoms with E-state index in [0.717, 1.165) is 18.4 Å². The number of rotatable bonds is 5. The number of carboxylic acid groups (broad SMARTS) is 3. The third kappa shape index (κ3) is 13.5. The number of alkyl halides is 9. The average Bonchev–Trinajstić information content (AvgIpc) is 2.85. The fraction of sp³-hybridized carbons (Fsp3) is 0.680. The summed E-state index contributed by atoms with van der Waals surface area (Å²) in [6.07, 6.45) is -6.56. The van der Waals surface area contributed by atoms with Crippen molar-refractivity contribution in [3.05, 3.63) is 24.4 Å². The second-order valence-electron chi connectivity index (χ2n) is 10.4. The molecule has 10 nitrogen and oxygen atoms in total. The van der Waals surface area contributed by atoms with Crippen LogP contribution in [0.3, 0.4) is 0 Å². The summed E-state index contributed by atoms with van der Waals surface area (Å²) in [6.45, 7) is 5.88.